The molecule has 1 aromatic heterocycles. The highest BCUT2D eigenvalue weighted by atomic mass is 16.6. The molecule has 3 heterocycles. The van der Waals surface area contributed by atoms with Crippen LogP contribution in [0.3, 0.4) is 0 Å². The van der Waals surface area contributed by atoms with E-state index in [1.807, 2.05) is 40.1 Å². The van der Waals surface area contributed by atoms with Gasteiger partial charge in [0.05, 0.1) is 6.54 Å². The monoisotopic (exact) mass is 369 g/mol. The van der Waals surface area contributed by atoms with Crippen molar-refractivity contribution in [3.63, 3.8) is 0 Å². The number of carbonyl (C=O) groups is 2. The quantitative estimate of drug-likeness (QED) is 0.895. The molecule has 2 amide bonds. The van der Waals surface area contributed by atoms with Crippen LogP contribution in [0.25, 0.3) is 10.9 Å². The minimum Gasteiger partial charge on any atom is -0.441 e. The van der Waals surface area contributed by atoms with Crippen molar-refractivity contribution in [1.29, 1.82) is 0 Å². The zero-order valence-electron chi connectivity index (χ0n) is 16.0. The summed E-state index contributed by atoms with van der Waals surface area (Å²) in [6.07, 6.45) is 2.17. The predicted molar refractivity (Wildman–Crippen MR) is 104 cm³/mol. The Bertz CT molecular complexity index is 816. The average Bonchev–Trinajstić information content (AvgIpc) is 3.21. The van der Waals surface area contributed by atoms with Crippen molar-refractivity contribution < 1.29 is 14.3 Å². The van der Waals surface area contributed by atoms with Gasteiger partial charge in [0.25, 0.3) is 5.91 Å². The molecule has 0 atom stereocenters. The van der Waals surface area contributed by atoms with E-state index in [0.717, 1.165) is 23.9 Å². The van der Waals surface area contributed by atoms with Gasteiger partial charge in [0, 0.05) is 43.4 Å². The number of amides is 2. The molecule has 2 aliphatic heterocycles. The molecule has 2 aliphatic rings. The SMILES string of the molecule is CC(C)CCN1CC2(CCN(C(=O)c3cc4ccccc4[nH]3)CC2)OC1=O. The Labute approximate surface area is 159 Å². The first kappa shape index (κ1) is 17.9. The van der Waals surface area contributed by atoms with E-state index in [1.165, 1.54) is 0 Å². The Morgan fingerprint density at radius 2 is 2.00 bits per heavy atom. The predicted octanol–water partition coefficient (Wildman–Crippen LogP) is 3.64. The number of likely N-dealkylation sites (tertiary alicyclic amines) is 1. The molecule has 2 saturated heterocycles. The van der Waals surface area contributed by atoms with Crippen LogP contribution in [0.4, 0.5) is 4.79 Å². The lowest BCUT2D eigenvalue weighted by Gasteiger charge is -2.37. The molecular weight excluding hydrogens is 342 g/mol. The molecule has 1 N–H and O–H groups in total. The molecule has 6 heteroatoms. The van der Waals surface area contributed by atoms with Crippen molar-refractivity contribution in [3.05, 3.63) is 36.0 Å². The summed E-state index contributed by atoms with van der Waals surface area (Å²) in [5, 5.41) is 1.04. The van der Waals surface area contributed by atoms with Crippen LogP contribution in [0, 0.1) is 5.92 Å². The van der Waals surface area contributed by atoms with Gasteiger partial charge in [0.1, 0.15) is 11.3 Å². The Balaban J connectivity index is 1.38. The van der Waals surface area contributed by atoms with E-state index in [1.54, 1.807) is 0 Å². The third-order valence-electron chi connectivity index (χ3n) is 5.74. The Morgan fingerprint density at radius 1 is 1.26 bits per heavy atom. The number of benzene rings is 1. The number of piperidine rings is 1. The van der Waals surface area contributed by atoms with E-state index >= 15 is 0 Å². The number of fused-ring (bicyclic) bond motifs is 1. The van der Waals surface area contributed by atoms with E-state index in [9.17, 15) is 9.59 Å². The number of nitrogens with zero attached hydrogens (tertiary/aromatic N) is 2. The number of H-pyrrole nitrogens is 1. The summed E-state index contributed by atoms with van der Waals surface area (Å²) in [6, 6.07) is 9.80. The molecule has 0 aliphatic carbocycles. The molecule has 6 nitrogen and oxygen atoms in total. The third-order valence-corrected chi connectivity index (χ3v) is 5.74. The van der Waals surface area contributed by atoms with Gasteiger partial charge in [-0.25, -0.2) is 4.79 Å². The molecule has 4 rings (SSSR count). The van der Waals surface area contributed by atoms with Crippen molar-refractivity contribution in [2.24, 2.45) is 5.92 Å². The van der Waals surface area contributed by atoms with Gasteiger partial charge in [-0.2, -0.15) is 0 Å². The second kappa shape index (κ2) is 6.91. The lowest BCUT2D eigenvalue weighted by atomic mass is 9.91. The van der Waals surface area contributed by atoms with Crippen molar-refractivity contribution in [2.45, 2.75) is 38.7 Å². The number of rotatable bonds is 4. The van der Waals surface area contributed by atoms with Gasteiger partial charge in [-0.3, -0.25) is 4.79 Å². The molecule has 0 saturated carbocycles. The lowest BCUT2D eigenvalue weighted by molar-refractivity contribution is 0.00298. The first-order chi connectivity index (χ1) is 13.0. The number of nitrogens with one attached hydrogen (secondary N) is 1. The summed E-state index contributed by atoms with van der Waals surface area (Å²) in [7, 11) is 0. The molecular formula is C21H27N3O3. The van der Waals surface area contributed by atoms with E-state index in [4.69, 9.17) is 4.74 Å². The highest BCUT2D eigenvalue weighted by Crippen LogP contribution is 2.34. The molecule has 144 valence electrons. The van der Waals surface area contributed by atoms with Gasteiger partial charge in [-0.05, 0) is 24.5 Å². The number of aromatic nitrogens is 1. The average molecular weight is 369 g/mol. The Kier molecular flexibility index (Phi) is 4.58. The third kappa shape index (κ3) is 3.53. The number of para-hydroxylation sites is 1. The van der Waals surface area contributed by atoms with Gasteiger partial charge in [0.2, 0.25) is 0 Å². The second-order valence-corrected chi connectivity index (χ2v) is 8.22. The molecule has 2 aromatic rings. The number of ether oxygens (including phenoxy) is 1. The Hall–Kier alpha value is -2.50. The summed E-state index contributed by atoms with van der Waals surface area (Å²) in [5.74, 6) is 0.576. The first-order valence-corrected chi connectivity index (χ1v) is 9.81. The van der Waals surface area contributed by atoms with Crippen LogP contribution in [0.2, 0.25) is 0 Å². The van der Waals surface area contributed by atoms with Crippen LogP contribution in [0.1, 0.15) is 43.6 Å². The fourth-order valence-corrected chi connectivity index (χ4v) is 4.02. The van der Waals surface area contributed by atoms with Crippen LogP contribution in [0.5, 0.6) is 0 Å². The van der Waals surface area contributed by atoms with Gasteiger partial charge in [-0.15, -0.1) is 0 Å². The maximum atomic E-state index is 12.9. The van der Waals surface area contributed by atoms with Crippen LogP contribution in [-0.4, -0.2) is 58.6 Å². The second-order valence-electron chi connectivity index (χ2n) is 8.22. The van der Waals surface area contributed by atoms with E-state index in [-0.39, 0.29) is 12.0 Å². The van der Waals surface area contributed by atoms with Crippen LogP contribution >= 0.6 is 0 Å². The van der Waals surface area contributed by atoms with Gasteiger partial charge < -0.3 is 19.5 Å². The van der Waals surface area contributed by atoms with Crippen molar-refractivity contribution >= 4 is 22.9 Å². The number of carbonyl (C=O) groups excluding carboxylic acids is 2. The minimum absolute atomic E-state index is 0.0158. The molecule has 1 spiro atoms. The fraction of sp³-hybridized carbons (Fsp3) is 0.524. The topological polar surface area (TPSA) is 65.6 Å². The van der Waals surface area contributed by atoms with Crippen LogP contribution in [-0.2, 0) is 4.74 Å². The highest BCUT2D eigenvalue weighted by Gasteiger charge is 2.47. The van der Waals surface area contributed by atoms with Crippen LogP contribution in [0.15, 0.2) is 30.3 Å². The van der Waals surface area contributed by atoms with E-state index < -0.39 is 5.60 Å². The van der Waals surface area contributed by atoms with Crippen molar-refractivity contribution in [2.75, 3.05) is 26.2 Å². The number of hydrogen-bond acceptors (Lipinski definition) is 3. The van der Waals surface area contributed by atoms with Gasteiger partial charge in [0.15, 0.2) is 0 Å². The summed E-state index contributed by atoms with van der Waals surface area (Å²) >= 11 is 0. The van der Waals surface area contributed by atoms with Crippen molar-refractivity contribution in [3.8, 4) is 0 Å². The highest BCUT2D eigenvalue weighted by molar-refractivity contribution is 5.98. The van der Waals surface area contributed by atoms with Gasteiger partial charge >= 0.3 is 6.09 Å². The molecule has 0 radical (unpaired) electrons. The molecule has 0 bridgehead atoms. The van der Waals surface area contributed by atoms with Gasteiger partial charge in [-0.1, -0.05) is 32.0 Å². The molecule has 27 heavy (non-hydrogen) atoms. The molecule has 0 unspecified atom stereocenters. The molecule has 2 fully saturated rings. The lowest BCUT2D eigenvalue weighted by Crippen LogP contribution is -2.48. The zero-order chi connectivity index (χ0) is 19.0. The normalized spacial score (nSPS) is 19.3. The van der Waals surface area contributed by atoms with E-state index in [2.05, 4.69) is 18.8 Å². The summed E-state index contributed by atoms with van der Waals surface area (Å²) < 4.78 is 5.76. The first-order valence-electron chi connectivity index (χ1n) is 9.81. The number of aromatic amines is 1. The minimum atomic E-state index is -0.425. The maximum absolute atomic E-state index is 12.9. The van der Waals surface area contributed by atoms with Crippen LogP contribution < -0.4 is 0 Å². The van der Waals surface area contributed by atoms with Crippen molar-refractivity contribution in [1.82, 2.24) is 14.8 Å². The summed E-state index contributed by atoms with van der Waals surface area (Å²) in [4.78, 5) is 32.0. The summed E-state index contributed by atoms with van der Waals surface area (Å²) in [5.41, 5.74) is 1.17. The molecule has 1 aromatic carbocycles. The maximum Gasteiger partial charge on any atom is 0.410 e. The fourth-order valence-electron chi connectivity index (χ4n) is 4.02. The standard InChI is InChI=1S/C21H27N3O3/c1-15(2)7-10-24-14-21(27-20(24)26)8-11-23(12-9-21)19(25)18-13-16-5-3-4-6-17(16)22-18/h3-6,13,15,22H,7-12,14H2,1-2H3. The Morgan fingerprint density at radius 3 is 2.70 bits per heavy atom. The zero-order valence-corrected chi connectivity index (χ0v) is 16.0. The largest absolute Gasteiger partial charge is 0.441 e. The number of hydrogen-bond donors (Lipinski definition) is 1. The van der Waals surface area contributed by atoms with E-state index in [0.29, 0.717) is 44.1 Å². The summed E-state index contributed by atoms with van der Waals surface area (Å²) in [6.45, 7) is 6.93. The smallest absolute Gasteiger partial charge is 0.410 e.